The number of amides is 3. The molecule has 1 saturated heterocycles. The summed E-state index contributed by atoms with van der Waals surface area (Å²) in [6, 6.07) is 7.88. The van der Waals surface area contributed by atoms with Crippen molar-refractivity contribution in [2.45, 2.75) is 6.92 Å². The maximum absolute atomic E-state index is 13.7. The van der Waals surface area contributed by atoms with E-state index in [-0.39, 0.29) is 29.5 Å². The highest BCUT2D eigenvalue weighted by Gasteiger charge is 2.34. The number of imide groups is 1. The number of hydrogen-bond acceptors (Lipinski definition) is 5. The van der Waals surface area contributed by atoms with E-state index in [1.54, 1.807) is 12.1 Å². The molecule has 0 atom stereocenters. The van der Waals surface area contributed by atoms with Gasteiger partial charge in [-0.05, 0) is 47.8 Å². The van der Waals surface area contributed by atoms with E-state index in [2.05, 4.69) is 5.32 Å². The molecule has 5 nitrogen and oxygen atoms in total. The number of hydrogen-bond donors (Lipinski definition) is 1. The van der Waals surface area contributed by atoms with Gasteiger partial charge in [-0.3, -0.25) is 19.3 Å². The minimum atomic E-state index is -0.482. The maximum Gasteiger partial charge on any atom is 0.293 e. The number of carbonyl (C=O) groups excluding carboxylic acids is 3. The van der Waals surface area contributed by atoms with Gasteiger partial charge in [-0.2, -0.15) is 0 Å². The minimum Gasteiger partial charge on any atom is -0.350 e. The summed E-state index contributed by atoms with van der Waals surface area (Å²) < 4.78 is 13.7. The van der Waals surface area contributed by atoms with Crippen molar-refractivity contribution in [3.8, 4) is 0 Å². The van der Waals surface area contributed by atoms with Gasteiger partial charge in [-0.15, -0.1) is 11.3 Å². The maximum atomic E-state index is 13.7. The molecule has 0 saturated carbocycles. The van der Waals surface area contributed by atoms with E-state index in [0.29, 0.717) is 4.88 Å². The molecular weight excluding hydrogens is 375 g/mol. The standard InChI is InChI=1S/C18H15FN2O3S2/c1-11-6-9-25-15(11)16(22)20-7-8-21-17(23)14(26-18(21)24)10-12-4-2-3-5-13(12)19/h2-6,9-10H,7-8H2,1H3,(H,20,22)/b14-10-. The predicted molar refractivity (Wildman–Crippen MR) is 100 cm³/mol. The van der Waals surface area contributed by atoms with Gasteiger partial charge in [-0.25, -0.2) is 4.39 Å². The Labute approximate surface area is 157 Å². The van der Waals surface area contributed by atoms with Crippen molar-refractivity contribution in [1.82, 2.24) is 10.2 Å². The van der Waals surface area contributed by atoms with Crippen LogP contribution in [0.2, 0.25) is 0 Å². The monoisotopic (exact) mass is 390 g/mol. The van der Waals surface area contributed by atoms with Gasteiger partial charge >= 0.3 is 0 Å². The number of aryl methyl sites for hydroxylation is 1. The zero-order valence-corrected chi connectivity index (χ0v) is 15.5. The van der Waals surface area contributed by atoms with Gasteiger partial charge in [-0.1, -0.05) is 18.2 Å². The first kappa shape index (κ1) is 18.3. The molecule has 2 heterocycles. The van der Waals surface area contributed by atoms with Gasteiger partial charge in [0.15, 0.2) is 0 Å². The lowest BCUT2D eigenvalue weighted by Gasteiger charge is -2.12. The highest BCUT2D eigenvalue weighted by molar-refractivity contribution is 8.18. The normalized spacial score (nSPS) is 15.8. The molecule has 0 radical (unpaired) electrons. The van der Waals surface area contributed by atoms with Gasteiger partial charge < -0.3 is 5.32 Å². The fraction of sp³-hybridized carbons (Fsp3) is 0.167. The molecule has 134 valence electrons. The van der Waals surface area contributed by atoms with Crippen LogP contribution >= 0.6 is 23.1 Å². The van der Waals surface area contributed by atoms with Crippen molar-refractivity contribution in [3.05, 3.63) is 62.4 Å². The van der Waals surface area contributed by atoms with Crippen molar-refractivity contribution >= 4 is 46.2 Å². The van der Waals surface area contributed by atoms with E-state index in [1.807, 2.05) is 18.4 Å². The molecule has 0 unspecified atom stereocenters. The molecule has 1 aromatic heterocycles. The van der Waals surface area contributed by atoms with Crippen LogP contribution in [0.3, 0.4) is 0 Å². The number of rotatable bonds is 5. The third-order valence-corrected chi connectivity index (χ3v) is 5.68. The summed E-state index contributed by atoms with van der Waals surface area (Å²) in [5.41, 5.74) is 1.13. The summed E-state index contributed by atoms with van der Waals surface area (Å²) in [5.74, 6) is -1.17. The first-order chi connectivity index (χ1) is 12.5. The Hall–Kier alpha value is -2.45. The first-order valence-corrected chi connectivity index (χ1v) is 9.49. The fourth-order valence-corrected chi connectivity index (χ4v) is 4.09. The van der Waals surface area contributed by atoms with Gasteiger partial charge in [0.1, 0.15) is 5.82 Å². The number of carbonyl (C=O) groups is 3. The lowest BCUT2D eigenvalue weighted by atomic mass is 10.2. The highest BCUT2D eigenvalue weighted by atomic mass is 32.2. The zero-order chi connectivity index (χ0) is 18.7. The summed E-state index contributed by atoms with van der Waals surface area (Å²) in [6.07, 6.45) is 1.37. The van der Waals surface area contributed by atoms with Gasteiger partial charge in [0, 0.05) is 18.7 Å². The Morgan fingerprint density at radius 3 is 2.73 bits per heavy atom. The minimum absolute atomic E-state index is 0.0649. The number of thioether (sulfide) groups is 1. The number of nitrogens with one attached hydrogen (secondary N) is 1. The van der Waals surface area contributed by atoms with Gasteiger partial charge in [0.25, 0.3) is 17.1 Å². The van der Waals surface area contributed by atoms with Gasteiger partial charge in [0.05, 0.1) is 9.78 Å². The Morgan fingerprint density at radius 2 is 2.04 bits per heavy atom. The number of benzene rings is 1. The molecule has 0 spiro atoms. The Kier molecular flexibility index (Phi) is 5.53. The van der Waals surface area contributed by atoms with Crippen molar-refractivity contribution in [2.24, 2.45) is 0 Å². The molecule has 2 aromatic rings. The molecule has 8 heteroatoms. The van der Waals surface area contributed by atoms with Crippen LogP contribution in [0, 0.1) is 12.7 Å². The van der Waals surface area contributed by atoms with Crippen LogP contribution in [0.4, 0.5) is 9.18 Å². The summed E-state index contributed by atoms with van der Waals surface area (Å²) in [7, 11) is 0. The molecule has 1 fully saturated rings. The Morgan fingerprint density at radius 1 is 1.27 bits per heavy atom. The molecule has 0 bridgehead atoms. The van der Waals surface area contributed by atoms with E-state index in [1.165, 1.54) is 29.5 Å². The quantitative estimate of drug-likeness (QED) is 0.792. The molecular formula is C18H15FN2O3S2. The van der Waals surface area contributed by atoms with Crippen molar-refractivity contribution < 1.29 is 18.8 Å². The topological polar surface area (TPSA) is 66.5 Å². The molecule has 0 aliphatic carbocycles. The fourth-order valence-electron chi connectivity index (χ4n) is 2.39. The SMILES string of the molecule is Cc1ccsc1C(=O)NCCN1C(=O)S/C(=C\c2ccccc2F)C1=O. The van der Waals surface area contributed by atoms with E-state index >= 15 is 0 Å². The third-order valence-electron chi connectivity index (χ3n) is 3.75. The summed E-state index contributed by atoms with van der Waals surface area (Å²) in [5, 5.41) is 4.10. The van der Waals surface area contributed by atoms with E-state index in [4.69, 9.17) is 0 Å². The lowest BCUT2D eigenvalue weighted by molar-refractivity contribution is -0.122. The Balaban J connectivity index is 1.62. The molecule has 3 amide bonds. The third kappa shape index (κ3) is 3.86. The van der Waals surface area contributed by atoms with Crippen LogP contribution in [-0.2, 0) is 4.79 Å². The molecule has 1 aliphatic heterocycles. The Bertz CT molecular complexity index is 907. The largest absolute Gasteiger partial charge is 0.350 e. The first-order valence-electron chi connectivity index (χ1n) is 7.79. The molecule has 1 aliphatic rings. The zero-order valence-electron chi connectivity index (χ0n) is 13.8. The van der Waals surface area contributed by atoms with Crippen LogP contribution in [0.25, 0.3) is 6.08 Å². The lowest BCUT2D eigenvalue weighted by Crippen LogP contribution is -2.37. The number of nitrogens with zero attached hydrogens (tertiary/aromatic N) is 1. The average Bonchev–Trinajstić information content (AvgIpc) is 3.15. The smallest absolute Gasteiger partial charge is 0.293 e. The van der Waals surface area contributed by atoms with Crippen LogP contribution in [0.15, 0.2) is 40.6 Å². The molecule has 1 aromatic carbocycles. The number of thiophene rings is 1. The highest BCUT2D eigenvalue weighted by Crippen LogP contribution is 2.32. The van der Waals surface area contributed by atoms with Crippen molar-refractivity contribution in [2.75, 3.05) is 13.1 Å². The summed E-state index contributed by atoms with van der Waals surface area (Å²) >= 11 is 2.10. The van der Waals surface area contributed by atoms with Crippen molar-refractivity contribution in [3.63, 3.8) is 0 Å². The van der Waals surface area contributed by atoms with Crippen molar-refractivity contribution in [1.29, 1.82) is 0 Å². The van der Waals surface area contributed by atoms with Crippen LogP contribution < -0.4 is 5.32 Å². The van der Waals surface area contributed by atoms with E-state index < -0.39 is 17.0 Å². The van der Waals surface area contributed by atoms with Crippen LogP contribution in [0.1, 0.15) is 20.8 Å². The molecule has 3 rings (SSSR count). The second-order valence-corrected chi connectivity index (χ2v) is 7.45. The number of halogens is 1. The predicted octanol–water partition coefficient (Wildman–Crippen LogP) is 3.66. The summed E-state index contributed by atoms with van der Waals surface area (Å²) in [4.78, 5) is 38.3. The second-order valence-electron chi connectivity index (χ2n) is 5.54. The molecule has 1 N–H and O–H groups in total. The van der Waals surface area contributed by atoms with E-state index in [0.717, 1.165) is 22.2 Å². The molecule has 26 heavy (non-hydrogen) atoms. The van der Waals surface area contributed by atoms with Crippen LogP contribution in [-0.4, -0.2) is 35.0 Å². The second kappa shape index (κ2) is 7.84. The van der Waals surface area contributed by atoms with E-state index in [9.17, 15) is 18.8 Å². The van der Waals surface area contributed by atoms with Gasteiger partial charge in [0.2, 0.25) is 0 Å². The average molecular weight is 390 g/mol. The van der Waals surface area contributed by atoms with Crippen LogP contribution in [0.5, 0.6) is 0 Å². The summed E-state index contributed by atoms with van der Waals surface area (Å²) in [6.45, 7) is 2.06.